The van der Waals surface area contributed by atoms with Crippen molar-refractivity contribution in [3.63, 3.8) is 0 Å². The number of rotatable bonds is 0. The molecule has 0 aromatic rings. The van der Waals surface area contributed by atoms with E-state index in [9.17, 15) is 0 Å². The number of hydrogen-bond donors (Lipinski definition) is 0. The van der Waals surface area contributed by atoms with Crippen LogP contribution in [0.5, 0.6) is 0 Å². The molecule has 0 rings (SSSR count). The van der Waals surface area contributed by atoms with Crippen molar-refractivity contribution >= 4 is 45.5 Å². The molecule has 20 valence electrons. The van der Waals surface area contributed by atoms with Gasteiger partial charge in [0.15, 0.2) is 0 Å². The Kier molecular flexibility index (Phi) is 112. The van der Waals surface area contributed by atoms with Crippen LogP contribution in [0.2, 0.25) is 0 Å². The molecule has 0 spiro atoms. The molecule has 0 aromatic heterocycles. The van der Waals surface area contributed by atoms with E-state index in [0.717, 1.165) is 0 Å². The van der Waals surface area contributed by atoms with E-state index in [0.29, 0.717) is 0 Å². The molecule has 0 fully saturated rings. The Balaban J connectivity index is 0. The molecular weight excluding hydrogens is 297 g/mol. The van der Waals surface area contributed by atoms with Gasteiger partial charge >= 0.3 is 62.6 Å². The maximum absolute atomic E-state index is 0. The van der Waals surface area contributed by atoms with Crippen LogP contribution in [-0.4, -0.2) is 45.5 Å². The van der Waals surface area contributed by atoms with E-state index in [1.165, 1.54) is 0 Å². The van der Waals surface area contributed by atoms with Crippen LogP contribution in [-0.2, 0) is 22.5 Å². The normalized spacial score (nSPS) is 0. The van der Waals surface area contributed by atoms with E-state index in [-0.39, 0.29) is 104 Å². The quantitative estimate of drug-likeness (QED) is 0.512. The van der Waals surface area contributed by atoms with Crippen molar-refractivity contribution in [1.82, 2.24) is 0 Å². The van der Waals surface area contributed by atoms with Crippen molar-refractivity contribution in [2.75, 3.05) is 0 Å². The molecule has 0 unspecified atom stereocenters. The van der Waals surface area contributed by atoms with Crippen molar-refractivity contribution in [3.8, 4) is 0 Å². The summed E-state index contributed by atoms with van der Waals surface area (Å²) in [5.74, 6) is 0. The van der Waals surface area contributed by atoms with Gasteiger partial charge in [-0.25, -0.2) is 0 Å². The van der Waals surface area contributed by atoms with Gasteiger partial charge in [0, 0.05) is 35.6 Å². The van der Waals surface area contributed by atoms with Crippen LogP contribution in [0.25, 0.3) is 0 Å². The third kappa shape index (κ3) is 8.94. The van der Waals surface area contributed by atoms with Gasteiger partial charge in [0.25, 0.3) is 0 Å². The van der Waals surface area contributed by atoms with Crippen molar-refractivity contribution in [3.05, 3.63) is 0 Å². The summed E-state index contributed by atoms with van der Waals surface area (Å²) >= 11 is 0. The monoisotopic (exact) mass is 300 g/mol. The SMILES string of the molecule is [La].[Mn+2].[O-2].[SrH2]. The average molecular weight is 299 g/mol. The van der Waals surface area contributed by atoms with E-state index < -0.39 is 0 Å². The second kappa shape index (κ2) is 16.4. The molecule has 0 amide bonds. The molecule has 2 radical (unpaired) electrons. The second-order valence-electron chi connectivity index (χ2n) is 0. The molecule has 4 heteroatoms. The summed E-state index contributed by atoms with van der Waals surface area (Å²) in [6, 6.07) is 0. The van der Waals surface area contributed by atoms with Crippen molar-refractivity contribution < 1.29 is 58.1 Å². The molecule has 0 atom stereocenters. The van der Waals surface area contributed by atoms with Gasteiger partial charge in [-0.05, 0) is 0 Å². The molecule has 0 saturated heterocycles. The van der Waals surface area contributed by atoms with E-state index in [1.807, 2.05) is 0 Å². The van der Waals surface area contributed by atoms with Crippen LogP contribution in [0.3, 0.4) is 0 Å². The molecule has 0 aromatic carbocycles. The van der Waals surface area contributed by atoms with Gasteiger partial charge in [0.2, 0.25) is 0 Å². The summed E-state index contributed by atoms with van der Waals surface area (Å²) in [6.07, 6.45) is 0. The van der Waals surface area contributed by atoms with Gasteiger partial charge in [-0.1, -0.05) is 0 Å². The Morgan fingerprint density at radius 3 is 1.00 bits per heavy atom. The zero-order chi connectivity index (χ0) is 0. The molecule has 4 heavy (non-hydrogen) atoms. The Bertz CT molecular complexity index is 8.00. The second-order valence-corrected chi connectivity index (χ2v) is 0. The molecule has 0 N–H and O–H groups in total. The van der Waals surface area contributed by atoms with E-state index in [1.54, 1.807) is 0 Å². The fourth-order valence-electron chi connectivity index (χ4n) is 0. The van der Waals surface area contributed by atoms with Crippen LogP contribution in [0.15, 0.2) is 0 Å². The molecule has 0 saturated carbocycles. The van der Waals surface area contributed by atoms with Crippen LogP contribution >= 0.6 is 0 Å². The van der Waals surface area contributed by atoms with Gasteiger partial charge in [-0.2, -0.15) is 0 Å². The van der Waals surface area contributed by atoms with Crippen molar-refractivity contribution in [2.45, 2.75) is 0 Å². The predicted molar refractivity (Wildman–Crippen MR) is 9.23 cm³/mol. The summed E-state index contributed by atoms with van der Waals surface area (Å²) < 4.78 is 0. The van der Waals surface area contributed by atoms with Crippen LogP contribution < -0.4 is 0 Å². The van der Waals surface area contributed by atoms with E-state index >= 15 is 0 Å². The predicted octanol–water partition coefficient (Wildman–Crippen LogP) is -1.04. The topological polar surface area (TPSA) is 28.5 Å². The summed E-state index contributed by atoms with van der Waals surface area (Å²) in [5, 5.41) is 0. The van der Waals surface area contributed by atoms with Crippen molar-refractivity contribution in [1.29, 1.82) is 0 Å². The fraction of sp³-hybridized carbons (Fsp3) is 0. The molecule has 1 nitrogen and oxygen atoms in total. The Morgan fingerprint density at radius 1 is 1.00 bits per heavy atom. The van der Waals surface area contributed by atoms with Gasteiger partial charge in [-0.3, -0.25) is 0 Å². The third-order valence-electron chi connectivity index (χ3n) is 0. The van der Waals surface area contributed by atoms with E-state index in [2.05, 4.69) is 0 Å². The summed E-state index contributed by atoms with van der Waals surface area (Å²) in [4.78, 5) is 0. The first-order valence-corrected chi connectivity index (χ1v) is 0. The minimum absolute atomic E-state index is 0. The molecular formula is H2LaMnOSr. The van der Waals surface area contributed by atoms with E-state index in [4.69, 9.17) is 0 Å². The maximum atomic E-state index is 0. The van der Waals surface area contributed by atoms with Gasteiger partial charge in [-0.15, -0.1) is 0 Å². The summed E-state index contributed by atoms with van der Waals surface area (Å²) in [6.45, 7) is 0. The summed E-state index contributed by atoms with van der Waals surface area (Å²) in [5.41, 5.74) is 0. The minimum atomic E-state index is 0. The zero-order valence-electron chi connectivity index (χ0n) is 1.36. The number of hydrogen-bond acceptors (Lipinski definition) is 0. The molecule has 0 bridgehead atoms. The van der Waals surface area contributed by atoms with Crippen LogP contribution in [0, 0.1) is 35.6 Å². The van der Waals surface area contributed by atoms with Gasteiger partial charge in [0.05, 0.1) is 0 Å². The van der Waals surface area contributed by atoms with Gasteiger partial charge < -0.3 is 5.48 Å². The first-order valence-electron chi connectivity index (χ1n) is 0. The first-order chi connectivity index (χ1) is 0. The fourth-order valence-corrected chi connectivity index (χ4v) is 0. The molecule has 0 aliphatic carbocycles. The first kappa shape index (κ1) is 27.2. The average Bonchev–Trinajstić information content (AvgIpc) is 0. The standard InChI is InChI=1S/La.Mn.O.Sr.2H/q;+2;-2;;;. The van der Waals surface area contributed by atoms with Crippen LogP contribution in [0.1, 0.15) is 0 Å². The molecule has 0 heterocycles. The third-order valence-corrected chi connectivity index (χ3v) is 0. The Hall–Kier alpha value is 3.15. The molecule has 0 aliphatic heterocycles. The van der Waals surface area contributed by atoms with Crippen LogP contribution in [0.4, 0.5) is 0 Å². The zero-order valence-corrected chi connectivity index (χ0v) is 6.17. The Morgan fingerprint density at radius 2 is 1.00 bits per heavy atom. The Labute approximate surface area is 101 Å². The van der Waals surface area contributed by atoms with Gasteiger partial charge in [0.1, 0.15) is 0 Å². The molecule has 0 aliphatic rings. The van der Waals surface area contributed by atoms with Crippen molar-refractivity contribution in [2.24, 2.45) is 0 Å². The summed E-state index contributed by atoms with van der Waals surface area (Å²) in [7, 11) is 0.